The molecule has 282 valence electrons. The molecule has 4 saturated carbocycles. The van der Waals surface area contributed by atoms with Crippen molar-refractivity contribution in [3.05, 3.63) is 71.8 Å². The monoisotopic (exact) mass is 699 g/mol. The molecule has 51 heavy (non-hydrogen) atoms. The molecule has 4 aliphatic carbocycles. The first-order valence-electron chi connectivity index (χ1n) is 21.7. The number of carbonyl (C=O) groups excluding carboxylic acids is 1. The summed E-state index contributed by atoms with van der Waals surface area (Å²) in [7, 11) is 0. The number of hydrogen-bond donors (Lipinski definition) is 0. The smallest absolute Gasteiger partial charge is 0.309 e. The van der Waals surface area contributed by atoms with E-state index < -0.39 is 12.2 Å². The molecule has 0 aromatic heterocycles. The van der Waals surface area contributed by atoms with Crippen molar-refractivity contribution in [3.8, 4) is 0 Å². The summed E-state index contributed by atoms with van der Waals surface area (Å²) in [5, 5.41) is 0. The predicted molar refractivity (Wildman–Crippen MR) is 208 cm³/mol. The molecule has 4 nitrogen and oxygen atoms in total. The van der Waals surface area contributed by atoms with Gasteiger partial charge in [0.2, 0.25) is 0 Å². The fraction of sp³-hybridized carbons (Fsp3) is 0.723. The molecule has 0 amide bonds. The Labute approximate surface area is 311 Å². The molecule has 2 aromatic rings. The Morgan fingerprint density at radius 1 is 0.549 bits per heavy atom. The lowest BCUT2D eigenvalue weighted by atomic mass is 9.73. The second-order valence-corrected chi connectivity index (χ2v) is 17.5. The van der Waals surface area contributed by atoms with Crippen LogP contribution >= 0.6 is 0 Å². The second kappa shape index (κ2) is 20.3. The Kier molecular flexibility index (Phi) is 15.4. The number of benzene rings is 2. The van der Waals surface area contributed by atoms with Gasteiger partial charge in [0.25, 0.3) is 0 Å². The van der Waals surface area contributed by atoms with Gasteiger partial charge in [0.15, 0.2) is 12.2 Å². The van der Waals surface area contributed by atoms with Crippen LogP contribution in [0.4, 0.5) is 0 Å². The molecule has 4 heteroatoms. The average Bonchev–Trinajstić information content (AvgIpc) is 3.18. The third kappa shape index (κ3) is 11.7. The summed E-state index contributed by atoms with van der Waals surface area (Å²) in [4.78, 5) is 26.4. The fourth-order valence-corrected chi connectivity index (χ4v) is 10.6. The lowest BCUT2D eigenvalue weighted by molar-refractivity contribution is -0.349. The summed E-state index contributed by atoms with van der Waals surface area (Å²) < 4.78 is 6.51. The average molecular weight is 699 g/mol. The Bertz CT molecular complexity index is 1230. The lowest BCUT2D eigenvalue weighted by Crippen LogP contribution is -2.29. The van der Waals surface area contributed by atoms with E-state index in [1.54, 1.807) is 0 Å². The van der Waals surface area contributed by atoms with Gasteiger partial charge in [0, 0.05) is 0 Å². The Morgan fingerprint density at radius 3 is 1.47 bits per heavy atom. The summed E-state index contributed by atoms with van der Waals surface area (Å²) in [6.45, 7) is 5.28. The van der Waals surface area contributed by atoms with Crippen molar-refractivity contribution in [1.82, 2.24) is 0 Å². The van der Waals surface area contributed by atoms with E-state index in [0.29, 0.717) is 12.5 Å². The van der Waals surface area contributed by atoms with Crippen molar-refractivity contribution < 1.29 is 19.3 Å². The van der Waals surface area contributed by atoms with Crippen molar-refractivity contribution >= 4 is 5.97 Å². The van der Waals surface area contributed by atoms with Crippen molar-refractivity contribution in [2.24, 2.45) is 47.3 Å². The van der Waals surface area contributed by atoms with Crippen LogP contribution in [0.15, 0.2) is 60.7 Å². The van der Waals surface area contributed by atoms with Crippen LogP contribution in [0.5, 0.6) is 0 Å². The summed E-state index contributed by atoms with van der Waals surface area (Å²) in [6, 6.07) is 20.4. The van der Waals surface area contributed by atoms with E-state index in [4.69, 9.17) is 14.5 Å². The van der Waals surface area contributed by atoms with Crippen LogP contribution in [-0.4, -0.2) is 12.6 Å². The van der Waals surface area contributed by atoms with Crippen molar-refractivity contribution in [2.75, 3.05) is 6.61 Å². The van der Waals surface area contributed by atoms with Crippen molar-refractivity contribution in [3.63, 3.8) is 0 Å². The Hall–Kier alpha value is -2.17. The minimum absolute atomic E-state index is 0.0396. The maximum absolute atomic E-state index is 13.9. The zero-order chi connectivity index (χ0) is 35.3. The summed E-state index contributed by atoms with van der Waals surface area (Å²) >= 11 is 0. The quantitative estimate of drug-likeness (QED) is 0.0994. The highest BCUT2D eigenvalue weighted by molar-refractivity contribution is 5.73. The third-order valence-corrected chi connectivity index (χ3v) is 13.9. The molecule has 6 rings (SSSR count). The molecule has 2 atom stereocenters. The second-order valence-electron chi connectivity index (χ2n) is 17.5. The highest BCUT2D eigenvalue weighted by atomic mass is 17.2. The highest BCUT2D eigenvalue weighted by Crippen LogP contribution is 2.43. The normalized spacial score (nSPS) is 31.4. The number of carbonyl (C=O) groups is 1. The van der Waals surface area contributed by atoms with Gasteiger partial charge in [0.1, 0.15) is 0 Å². The van der Waals surface area contributed by atoms with Crippen LogP contribution in [0.2, 0.25) is 0 Å². The molecular weight excluding hydrogens is 629 g/mol. The van der Waals surface area contributed by atoms with Crippen molar-refractivity contribution in [2.45, 2.75) is 161 Å². The summed E-state index contributed by atoms with van der Waals surface area (Å²) in [5.41, 5.74) is 1.92. The summed E-state index contributed by atoms with van der Waals surface area (Å²) in [5.74, 6) is 5.83. The van der Waals surface area contributed by atoms with Gasteiger partial charge < -0.3 is 4.74 Å². The van der Waals surface area contributed by atoms with Crippen LogP contribution in [0.25, 0.3) is 0 Å². The molecule has 0 unspecified atom stereocenters. The number of ether oxygens (including phenoxy) is 1. The Morgan fingerprint density at radius 2 is 0.980 bits per heavy atom. The largest absolute Gasteiger partial charge is 0.454 e. The van der Waals surface area contributed by atoms with Gasteiger partial charge in [-0.15, -0.1) is 0 Å². The fourth-order valence-electron chi connectivity index (χ4n) is 10.6. The van der Waals surface area contributed by atoms with Gasteiger partial charge in [-0.25, -0.2) is 9.78 Å². The van der Waals surface area contributed by atoms with Crippen molar-refractivity contribution in [1.29, 1.82) is 0 Å². The van der Waals surface area contributed by atoms with Crippen LogP contribution < -0.4 is 0 Å². The van der Waals surface area contributed by atoms with E-state index in [-0.39, 0.29) is 11.9 Å². The van der Waals surface area contributed by atoms with E-state index in [0.717, 1.165) is 72.3 Å². The molecule has 0 N–H and O–H groups in total. The van der Waals surface area contributed by atoms with Gasteiger partial charge in [0.05, 0.1) is 12.5 Å². The van der Waals surface area contributed by atoms with E-state index in [2.05, 4.69) is 38.1 Å². The van der Waals surface area contributed by atoms with Gasteiger partial charge in [-0.3, -0.25) is 4.79 Å². The van der Waals surface area contributed by atoms with E-state index in [1.807, 2.05) is 36.4 Å². The molecule has 4 fully saturated rings. The molecule has 0 aliphatic heterocycles. The van der Waals surface area contributed by atoms with Gasteiger partial charge >= 0.3 is 5.97 Å². The standard InChI is InChI=1S/C47H70O4/c1-3-11-36-18-22-38(23-19-36)32-39-24-26-41(27-25-39)34-49-51-46(43-14-9-6-10-15-43)45(42-12-7-5-8-13-42)50-47(48)44-30-28-40(29-31-44)33-37-20-16-35(4-2)17-21-37/h5-10,12-15,35-41,44-46H,3-4,11,16-34H2,1-2H3/t35?,36?,37?,38?,39?,40?,41?,44?,45-,46-/m1/s1. The molecule has 4 aliphatic rings. The summed E-state index contributed by atoms with van der Waals surface area (Å²) in [6.07, 6.45) is 26.5. The molecule has 2 aromatic carbocycles. The van der Waals surface area contributed by atoms with Gasteiger partial charge in [-0.1, -0.05) is 158 Å². The highest BCUT2D eigenvalue weighted by Gasteiger charge is 2.36. The first-order valence-corrected chi connectivity index (χ1v) is 21.7. The first-order chi connectivity index (χ1) is 25.1. The molecule has 0 saturated heterocycles. The zero-order valence-corrected chi connectivity index (χ0v) is 32.2. The minimum Gasteiger partial charge on any atom is -0.454 e. The molecule has 0 bridgehead atoms. The lowest BCUT2D eigenvalue weighted by Gasteiger charge is -2.35. The zero-order valence-electron chi connectivity index (χ0n) is 32.2. The first kappa shape index (κ1) is 38.6. The van der Waals surface area contributed by atoms with E-state index in [9.17, 15) is 4.79 Å². The number of hydrogen-bond acceptors (Lipinski definition) is 4. The molecule has 0 heterocycles. The van der Waals surface area contributed by atoms with Crippen LogP contribution in [-0.2, 0) is 19.3 Å². The van der Waals surface area contributed by atoms with E-state index in [1.165, 1.54) is 109 Å². The number of rotatable bonds is 16. The van der Waals surface area contributed by atoms with Crippen LogP contribution in [0.3, 0.4) is 0 Å². The maximum atomic E-state index is 13.9. The SMILES string of the molecule is CCCC1CCC(CC2CCC(COO[C@H](c3ccccc3)[C@H](OC(=O)C3CCC(CC4CCC(CC)CC4)CC3)c3ccccc3)CC2)CC1. The van der Waals surface area contributed by atoms with Gasteiger partial charge in [-0.2, -0.15) is 0 Å². The molecule has 0 spiro atoms. The minimum atomic E-state index is -0.573. The van der Waals surface area contributed by atoms with Crippen LogP contribution in [0, 0.1) is 47.3 Å². The van der Waals surface area contributed by atoms with Gasteiger partial charge in [-0.05, 0) is 104 Å². The molecular formula is C47H70O4. The van der Waals surface area contributed by atoms with Crippen LogP contribution in [0.1, 0.15) is 172 Å². The Balaban J connectivity index is 1.01. The predicted octanol–water partition coefficient (Wildman–Crippen LogP) is 13.2. The topological polar surface area (TPSA) is 44.8 Å². The number of esters is 1. The molecule has 0 radical (unpaired) electrons. The third-order valence-electron chi connectivity index (χ3n) is 13.9. The maximum Gasteiger partial charge on any atom is 0.309 e. The van der Waals surface area contributed by atoms with E-state index >= 15 is 0 Å².